The Morgan fingerprint density at radius 3 is 2.61 bits per heavy atom. The van der Waals surface area contributed by atoms with Gasteiger partial charge >= 0.3 is 6.18 Å². The van der Waals surface area contributed by atoms with Crippen molar-refractivity contribution >= 4 is 27.5 Å². The van der Waals surface area contributed by atoms with Crippen molar-refractivity contribution in [2.75, 3.05) is 18.4 Å². The van der Waals surface area contributed by atoms with Crippen molar-refractivity contribution in [1.82, 2.24) is 5.32 Å². The molecule has 1 rings (SSSR count). The lowest BCUT2D eigenvalue weighted by molar-refractivity contribution is -0.126. The van der Waals surface area contributed by atoms with E-state index in [-0.39, 0.29) is 5.69 Å². The summed E-state index contributed by atoms with van der Waals surface area (Å²) in [5, 5.41) is 4.21. The van der Waals surface area contributed by atoms with Gasteiger partial charge < -0.3 is 10.6 Å². The fraction of sp³-hybridized carbons (Fsp3) is 0.300. The Bertz CT molecular complexity index is 436. The molecule has 0 aliphatic rings. The number of amides is 1. The zero-order valence-corrected chi connectivity index (χ0v) is 10.5. The largest absolute Gasteiger partial charge is 0.401 e. The van der Waals surface area contributed by atoms with E-state index >= 15 is 0 Å². The molecule has 0 saturated carbocycles. The molecule has 0 heterocycles. The first-order valence-corrected chi connectivity index (χ1v) is 5.59. The molecule has 18 heavy (non-hydrogen) atoms. The summed E-state index contributed by atoms with van der Waals surface area (Å²) in [6, 6.07) is 3.63. The van der Waals surface area contributed by atoms with Gasteiger partial charge in [0.25, 0.3) is 0 Å². The van der Waals surface area contributed by atoms with Crippen LogP contribution in [-0.2, 0) is 4.79 Å². The zero-order valence-electron chi connectivity index (χ0n) is 8.94. The van der Waals surface area contributed by atoms with E-state index < -0.39 is 31.0 Å². The number of nitrogens with one attached hydrogen (secondary N) is 2. The molecule has 0 unspecified atom stereocenters. The van der Waals surface area contributed by atoms with Crippen molar-refractivity contribution in [2.24, 2.45) is 0 Å². The summed E-state index contributed by atoms with van der Waals surface area (Å²) in [6.07, 6.45) is -4.38. The molecule has 0 bridgehead atoms. The maximum absolute atomic E-state index is 12.9. The maximum Gasteiger partial charge on any atom is 0.401 e. The van der Waals surface area contributed by atoms with Crippen molar-refractivity contribution in [3.05, 3.63) is 28.5 Å². The van der Waals surface area contributed by atoms with Gasteiger partial charge in [0.2, 0.25) is 5.91 Å². The number of carbonyl (C=O) groups excluding carboxylic acids is 1. The first kappa shape index (κ1) is 14.9. The Morgan fingerprint density at radius 1 is 1.33 bits per heavy atom. The topological polar surface area (TPSA) is 41.1 Å². The SMILES string of the molecule is O=C(CNCC(F)(F)F)Nc1cc(F)ccc1Br. The van der Waals surface area contributed by atoms with Crippen LogP contribution in [0.3, 0.4) is 0 Å². The summed E-state index contributed by atoms with van der Waals surface area (Å²) < 4.78 is 48.7. The summed E-state index contributed by atoms with van der Waals surface area (Å²) in [5.74, 6) is -1.25. The minimum absolute atomic E-state index is 0.161. The van der Waals surface area contributed by atoms with Crippen LogP contribution in [0.15, 0.2) is 22.7 Å². The monoisotopic (exact) mass is 328 g/mol. The van der Waals surface area contributed by atoms with Crippen molar-refractivity contribution in [1.29, 1.82) is 0 Å². The number of hydrogen-bond donors (Lipinski definition) is 2. The molecule has 1 amide bonds. The number of halogens is 5. The molecule has 0 fully saturated rings. The number of carbonyl (C=O) groups is 1. The van der Waals surface area contributed by atoms with Crippen LogP contribution >= 0.6 is 15.9 Å². The lowest BCUT2D eigenvalue weighted by Crippen LogP contribution is -2.35. The summed E-state index contributed by atoms with van der Waals surface area (Å²) in [4.78, 5) is 11.3. The molecular weight excluding hydrogens is 320 g/mol. The average molecular weight is 329 g/mol. The Morgan fingerprint density at radius 2 is 2.00 bits per heavy atom. The predicted octanol–water partition coefficient (Wildman–Crippen LogP) is 2.68. The fourth-order valence-corrected chi connectivity index (χ4v) is 1.45. The molecule has 2 N–H and O–H groups in total. The smallest absolute Gasteiger partial charge is 0.324 e. The molecule has 0 aliphatic carbocycles. The Kier molecular flexibility index (Phi) is 5.09. The summed E-state index contributed by atoms with van der Waals surface area (Å²) in [6.45, 7) is -1.77. The normalized spacial score (nSPS) is 11.4. The van der Waals surface area contributed by atoms with Gasteiger partial charge in [-0.05, 0) is 34.1 Å². The molecule has 0 aromatic heterocycles. The second-order valence-corrected chi connectivity index (χ2v) is 4.25. The van der Waals surface area contributed by atoms with E-state index in [0.717, 1.165) is 6.07 Å². The van der Waals surface area contributed by atoms with Crippen LogP contribution in [0.25, 0.3) is 0 Å². The van der Waals surface area contributed by atoms with Gasteiger partial charge in [-0.15, -0.1) is 0 Å². The van der Waals surface area contributed by atoms with Crippen molar-refractivity contribution in [3.63, 3.8) is 0 Å². The van der Waals surface area contributed by atoms with Gasteiger partial charge in [0, 0.05) is 4.47 Å². The predicted molar refractivity (Wildman–Crippen MR) is 61.7 cm³/mol. The van der Waals surface area contributed by atoms with E-state index in [1.807, 2.05) is 5.32 Å². The second kappa shape index (κ2) is 6.14. The molecule has 0 spiro atoms. The minimum Gasteiger partial charge on any atom is -0.324 e. The van der Waals surface area contributed by atoms with Crippen LogP contribution in [-0.4, -0.2) is 25.2 Å². The van der Waals surface area contributed by atoms with Crippen LogP contribution in [0.5, 0.6) is 0 Å². The average Bonchev–Trinajstić information content (AvgIpc) is 2.21. The van der Waals surface area contributed by atoms with E-state index in [2.05, 4.69) is 21.2 Å². The van der Waals surface area contributed by atoms with Gasteiger partial charge in [0.15, 0.2) is 0 Å². The number of alkyl halides is 3. The van der Waals surface area contributed by atoms with Crippen molar-refractivity contribution in [3.8, 4) is 0 Å². The number of hydrogen-bond acceptors (Lipinski definition) is 2. The molecule has 8 heteroatoms. The standard InChI is InChI=1S/C10H9BrF4N2O/c11-7-2-1-6(12)3-8(7)17-9(18)4-16-5-10(13,14)15/h1-3,16H,4-5H2,(H,17,18). The third-order valence-electron chi connectivity index (χ3n) is 1.81. The fourth-order valence-electron chi connectivity index (χ4n) is 1.11. The van der Waals surface area contributed by atoms with E-state index in [1.165, 1.54) is 12.1 Å². The van der Waals surface area contributed by atoms with E-state index in [4.69, 9.17) is 0 Å². The van der Waals surface area contributed by atoms with E-state index in [0.29, 0.717) is 4.47 Å². The molecule has 0 saturated heterocycles. The van der Waals surface area contributed by atoms with Crippen molar-refractivity contribution in [2.45, 2.75) is 6.18 Å². The Balaban J connectivity index is 2.47. The molecule has 1 aromatic rings. The first-order valence-electron chi connectivity index (χ1n) is 4.80. The first-order chi connectivity index (χ1) is 8.28. The highest BCUT2D eigenvalue weighted by Crippen LogP contribution is 2.22. The van der Waals surface area contributed by atoms with E-state index in [9.17, 15) is 22.4 Å². The third kappa shape index (κ3) is 5.46. The molecule has 3 nitrogen and oxygen atoms in total. The Hall–Kier alpha value is -1.15. The van der Waals surface area contributed by atoms with Gasteiger partial charge in [0.05, 0.1) is 18.8 Å². The lowest BCUT2D eigenvalue weighted by atomic mass is 10.3. The number of rotatable bonds is 4. The molecule has 0 atom stereocenters. The van der Waals surface area contributed by atoms with E-state index in [1.54, 1.807) is 0 Å². The molecule has 0 aliphatic heterocycles. The zero-order chi connectivity index (χ0) is 13.8. The van der Waals surface area contributed by atoms with Gasteiger partial charge in [-0.1, -0.05) is 0 Å². The second-order valence-electron chi connectivity index (χ2n) is 3.39. The van der Waals surface area contributed by atoms with Crippen LogP contribution < -0.4 is 10.6 Å². The third-order valence-corrected chi connectivity index (χ3v) is 2.50. The maximum atomic E-state index is 12.9. The molecular formula is C10H9BrF4N2O. The summed E-state index contributed by atoms with van der Waals surface area (Å²) in [7, 11) is 0. The van der Waals surface area contributed by atoms with Gasteiger partial charge in [-0.2, -0.15) is 13.2 Å². The molecule has 0 radical (unpaired) electrons. The Labute approximate surface area is 109 Å². The van der Waals surface area contributed by atoms with Gasteiger partial charge in [-0.3, -0.25) is 4.79 Å². The van der Waals surface area contributed by atoms with Crippen LogP contribution in [0, 0.1) is 5.82 Å². The minimum atomic E-state index is -4.38. The van der Waals surface area contributed by atoms with Crippen LogP contribution in [0.2, 0.25) is 0 Å². The lowest BCUT2D eigenvalue weighted by Gasteiger charge is -2.09. The highest BCUT2D eigenvalue weighted by atomic mass is 79.9. The number of benzene rings is 1. The quantitative estimate of drug-likeness (QED) is 0.834. The van der Waals surface area contributed by atoms with Crippen LogP contribution in [0.4, 0.5) is 23.2 Å². The highest BCUT2D eigenvalue weighted by Gasteiger charge is 2.26. The molecule has 100 valence electrons. The van der Waals surface area contributed by atoms with Gasteiger partial charge in [0.1, 0.15) is 5.82 Å². The molecule has 1 aromatic carbocycles. The van der Waals surface area contributed by atoms with Crippen molar-refractivity contribution < 1.29 is 22.4 Å². The number of anilines is 1. The summed E-state index contributed by atoms with van der Waals surface area (Å²) >= 11 is 3.08. The summed E-state index contributed by atoms with van der Waals surface area (Å²) in [5.41, 5.74) is 0.161. The van der Waals surface area contributed by atoms with Gasteiger partial charge in [-0.25, -0.2) is 4.39 Å². The highest BCUT2D eigenvalue weighted by molar-refractivity contribution is 9.10. The van der Waals surface area contributed by atoms with Crippen LogP contribution in [0.1, 0.15) is 0 Å².